The Morgan fingerprint density at radius 2 is 2.44 bits per heavy atom. The first-order valence-electron chi connectivity index (χ1n) is 3.23. The van der Waals surface area contributed by atoms with Crippen LogP contribution in [0.25, 0.3) is 0 Å². The zero-order valence-electron chi connectivity index (χ0n) is 5.48. The van der Waals surface area contributed by atoms with Crippen molar-refractivity contribution in [1.82, 2.24) is 0 Å². The molecule has 0 unspecified atom stereocenters. The highest BCUT2D eigenvalue weighted by Gasteiger charge is 2.03. The minimum atomic E-state index is 1.03. The molecule has 0 saturated heterocycles. The minimum Gasteiger partial charge on any atom is -0.308 e. The van der Waals surface area contributed by atoms with Gasteiger partial charge in [-0.2, -0.15) is 0 Å². The maximum absolute atomic E-state index is 6.97. The van der Waals surface area contributed by atoms with Gasteiger partial charge in [0.15, 0.2) is 0 Å². The van der Waals surface area contributed by atoms with Crippen LogP contribution < -0.4 is 0 Å². The first kappa shape index (κ1) is 6.27. The Morgan fingerprint density at radius 3 is 2.89 bits per heavy atom. The molecule has 1 nitrogen and oxygen atoms in total. The minimum absolute atomic E-state index is 1.03. The van der Waals surface area contributed by atoms with Crippen molar-refractivity contribution in [3.8, 4) is 0 Å². The van der Waals surface area contributed by atoms with Gasteiger partial charge in [0.25, 0.3) is 0 Å². The molecule has 0 bridgehead atoms. The fraction of sp³-hybridized carbons (Fsp3) is 0.375. The van der Waals surface area contributed by atoms with Crippen LogP contribution in [0.3, 0.4) is 0 Å². The Morgan fingerprint density at radius 1 is 1.67 bits per heavy atom. The van der Waals surface area contributed by atoms with Gasteiger partial charge in [0.1, 0.15) is 0 Å². The van der Waals surface area contributed by atoms with Gasteiger partial charge in [-0.1, -0.05) is 12.7 Å². The smallest absolute Gasteiger partial charge is 0.0249 e. The average Bonchev–Trinajstić information content (AvgIpc) is 1.89. The molecule has 0 heterocycles. The van der Waals surface area contributed by atoms with Crippen LogP contribution in [0.4, 0.5) is 0 Å². The molecule has 0 radical (unpaired) electrons. The van der Waals surface area contributed by atoms with Crippen LogP contribution in [-0.2, 0) is 0 Å². The average molecular weight is 121 g/mol. The highest BCUT2D eigenvalue weighted by molar-refractivity contribution is 5.82. The molecule has 0 spiro atoms. The second kappa shape index (κ2) is 2.62. The van der Waals surface area contributed by atoms with E-state index in [-0.39, 0.29) is 0 Å². The van der Waals surface area contributed by atoms with E-state index < -0.39 is 0 Å². The van der Waals surface area contributed by atoms with E-state index in [0.717, 1.165) is 24.0 Å². The molecule has 0 fully saturated rings. The highest BCUT2D eigenvalue weighted by Crippen LogP contribution is 2.19. The van der Waals surface area contributed by atoms with Gasteiger partial charge in [0.05, 0.1) is 0 Å². The molecule has 0 aromatic carbocycles. The predicted octanol–water partition coefficient (Wildman–Crippen LogP) is 2.30. The lowest BCUT2D eigenvalue weighted by Gasteiger charge is -2.10. The van der Waals surface area contributed by atoms with Crippen molar-refractivity contribution in [3.63, 3.8) is 0 Å². The lowest BCUT2D eigenvalue weighted by molar-refractivity contribution is 0.816. The number of hydrogen-bond acceptors (Lipinski definition) is 1. The summed E-state index contributed by atoms with van der Waals surface area (Å²) in [6.45, 7) is 3.85. The molecule has 1 aliphatic rings. The standard InChI is InChI=1S/C8H11N/c1-7-4-2-3-5-8(7)6-9/h5-6,9H,1-4H2. The van der Waals surface area contributed by atoms with E-state index in [4.69, 9.17) is 5.41 Å². The fourth-order valence-electron chi connectivity index (χ4n) is 1.02. The summed E-state index contributed by atoms with van der Waals surface area (Å²) in [6, 6.07) is 0. The Bertz CT molecular complexity index is 165. The third kappa shape index (κ3) is 1.28. The van der Waals surface area contributed by atoms with Gasteiger partial charge in [-0.25, -0.2) is 0 Å². The van der Waals surface area contributed by atoms with Gasteiger partial charge in [0.2, 0.25) is 0 Å². The topological polar surface area (TPSA) is 23.9 Å². The molecular weight excluding hydrogens is 110 g/mol. The van der Waals surface area contributed by atoms with Crippen molar-refractivity contribution in [2.24, 2.45) is 0 Å². The molecule has 0 amide bonds. The molecule has 1 N–H and O–H groups in total. The van der Waals surface area contributed by atoms with Crippen molar-refractivity contribution >= 4 is 6.21 Å². The normalized spacial score (nSPS) is 19.1. The Balaban J connectivity index is 2.75. The van der Waals surface area contributed by atoms with Crippen molar-refractivity contribution in [2.75, 3.05) is 0 Å². The summed E-state index contributed by atoms with van der Waals surface area (Å²) in [5.74, 6) is 0. The second-order valence-corrected chi connectivity index (χ2v) is 2.30. The monoisotopic (exact) mass is 121 g/mol. The maximum Gasteiger partial charge on any atom is 0.0249 e. The Hall–Kier alpha value is -0.850. The summed E-state index contributed by atoms with van der Waals surface area (Å²) in [5, 5.41) is 6.97. The van der Waals surface area contributed by atoms with Crippen molar-refractivity contribution in [3.05, 3.63) is 23.8 Å². The fourth-order valence-corrected chi connectivity index (χ4v) is 1.02. The maximum atomic E-state index is 6.97. The summed E-state index contributed by atoms with van der Waals surface area (Å²) in [5.41, 5.74) is 2.15. The molecular formula is C8H11N. The van der Waals surface area contributed by atoms with E-state index in [0.29, 0.717) is 0 Å². The molecule has 0 aromatic rings. The van der Waals surface area contributed by atoms with Crippen LogP contribution >= 0.6 is 0 Å². The number of hydrogen-bond donors (Lipinski definition) is 1. The summed E-state index contributed by atoms with van der Waals surface area (Å²) in [7, 11) is 0. The molecule has 0 aliphatic heterocycles. The van der Waals surface area contributed by atoms with E-state index in [1.807, 2.05) is 0 Å². The first-order valence-corrected chi connectivity index (χ1v) is 3.23. The second-order valence-electron chi connectivity index (χ2n) is 2.30. The van der Waals surface area contributed by atoms with Crippen molar-refractivity contribution in [1.29, 1.82) is 5.41 Å². The predicted molar refractivity (Wildman–Crippen MR) is 39.9 cm³/mol. The van der Waals surface area contributed by atoms with Crippen LogP contribution in [0.5, 0.6) is 0 Å². The molecule has 1 aliphatic carbocycles. The summed E-state index contributed by atoms with van der Waals surface area (Å²) in [4.78, 5) is 0. The molecule has 0 saturated carbocycles. The van der Waals surface area contributed by atoms with Crippen molar-refractivity contribution in [2.45, 2.75) is 19.3 Å². The van der Waals surface area contributed by atoms with E-state index in [9.17, 15) is 0 Å². The zero-order valence-corrected chi connectivity index (χ0v) is 5.48. The van der Waals surface area contributed by atoms with E-state index in [1.54, 1.807) is 0 Å². The molecule has 9 heavy (non-hydrogen) atoms. The number of nitrogens with one attached hydrogen (secondary N) is 1. The van der Waals surface area contributed by atoms with Gasteiger partial charge < -0.3 is 5.41 Å². The molecule has 0 atom stereocenters. The summed E-state index contributed by atoms with van der Waals surface area (Å²) >= 11 is 0. The lowest BCUT2D eigenvalue weighted by Crippen LogP contribution is -1.95. The van der Waals surface area contributed by atoms with Crippen LogP contribution in [0.15, 0.2) is 23.8 Å². The quantitative estimate of drug-likeness (QED) is 0.515. The van der Waals surface area contributed by atoms with Crippen LogP contribution in [-0.4, -0.2) is 6.21 Å². The van der Waals surface area contributed by atoms with Gasteiger partial charge in [-0.15, -0.1) is 0 Å². The number of rotatable bonds is 1. The largest absolute Gasteiger partial charge is 0.308 e. The number of allylic oxidation sites excluding steroid dienone is 3. The van der Waals surface area contributed by atoms with Crippen LogP contribution in [0.2, 0.25) is 0 Å². The van der Waals surface area contributed by atoms with Crippen molar-refractivity contribution < 1.29 is 0 Å². The Kier molecular flexibility index (Phi) is 1.83. The van der Waals surface area contributed by atoms with Gasteiger partial charge >= 0.3 is 0 Å². The highest BCUT2D eigenvalue weighted by atomic mass is 14.3. The molecule has 48 valence electrons. The summed E-state index contributed by atoms with van der Waals surface area (Å²) in [6.07, 6.45) is 6.86. The first-order chi connectivity index (χ1) is 4.34. The zero-order chi connectivity index (χ0) is 6.69. The van der Waals surface area contributed by atoms with Gasteiger partial charge in [0, 0.05) is 6.21 Å². The third-order valence-electron chi connectivity index (χ3n) is 1.61. The van der Waals surface area contributed by atoms with Crippen LogP contribution in [0.1, 0.15) is 19.3 Å². The SMILES string of the molecule is C=C1CCCC=C1C=N. The molecule has 1 heteroatoms. The summed E-state index contributed by atoms with van der Waals surface area (Å²) < 4.78 is 0. The molecule has 0 aromatic heterocycles. The van der Waals surface area contributed by atoms with E-state index >= 15 is 0 Å². The van der Waals surface area contributed by atoms with E-state index in [2.05, 4.69) is 12.7 Å². The molecule has 1 rings (SSSR count). The van der Waals surface area contributed by atoms with Crippen LogP contribution in [0, 0.1) is 5.41 Å². The lowest BCUT2D eigenvalue weighted by atomic mass is 9.96. The van der Waals surface area contributed by atoms with E-state index in [1.165, 1.54) is 12.6 Å². The van der Waals surface area contributed by atoms with Gasteiger partial charge in [-0.3, -0.25) is 0 Å². The van der Waals surface area contributed by atoms with Gasteiger partial charge in [-0.05, 0) is 30.4 Å². The Labute approximate surface area is 55.6 Å². The third-order valence-corrected chi connectivity index (χ3v) is 1.61.